The molecule has 0 saturated heterocycles. The van der Waals surface area contributed by atoms with Gasteiger partial charge in [0.25, 0.3) is 5.69 Å². The van der Waals surface area contributed by atoms with E-state index in [0.29, 0.717) is 0 Å². The van der Waals surface area contributed by atoms with Crippen molar-refractivity contribution in [3.05, 3.63) is 81.5 Å². The van der Waals surface area contributed by atoms with Crippen LogP contribution in [0.15, 0.2) is 59.6 Å². The van der Waals surface area contributed by atoms with Crippen LogP contribution < -0.4 is 5.32 Å². The lowest BCUT2D eigenvalue weighted by Gasteiger charge is -2.27. The van der Waals surface area contributed by atoms with Crippen molar-refractivity contribution >= 4 is 29.2 Å². The molecule has 8 heteroatoms. The first-order chi connectivity index (χ1) is 14.9. The predicted octanol–water partition coefficient (Wildman–Crippen LogP) is 5.14. The molecular weight excluding hydrogens is 412 g/mol. The third kappa shape index (κ3) is 4.49. The second-order valence-electron chi connectivity index (χ2n) is 7.73. The average Bonchev–Trinajstić information content (AvgIpc) is 3.13. The van der Waals surface area contributed by atoms with Crippen LogP contribution in [0.1, 0.15) is 42.5 Å². The smallest absolute Gasteiger partial charge is 0.269 e. The second-order valence-corrected chi connectivity index (χ2v) is 9.14. The minimum absolute atomic E-state index is 0.0359. The fraction of sp³-hybridized carbons (Fsp3) is 0.304. The summed E-state index contributed by atoms with van der Waals surface area (Å²) in [6.45, 7) is 3.77. The summed E-state index contributed by atoms with van der Waals surface area (Å²) in [5.74, 6) is 0.597. The molecule has 1 aliphatic rings. The molecule has 0 bridgehead atoms. The lowest BCUT2D eigenvalue weighted by Crippen LogP contribution is -2.27. The van der Waals surface area contributed by atoms with E-state index in [4.69, 9.17) is 0 Å². The molecule has 160 valence electrons. The normalized spacial score (nSPS) is 16.4. The van der Waals surface area contributed by atoms with Crippen LogP contribution in [0.2, 0.25) is 0 Å². The molecule has 2 aromatic carbocycles. The largest absolute Gasteiger partial charge is 0.310 e. The molecule has 0 saturated carbocycles. The van der Waals surface area contributed by atoms with E-state index in [1.54, 1.807) is 18.3 Å². The number of nitro benzene ring substituents is 1. The maximum absolute atomic E-state index is 12.9. The van der Waals surface area contributed by atoms with Gasteiger partial charge in [-0.05, 0) is 56.4 Å². The monoisotopic (exact) mass is 436 g/mol. The van der Waals surface area contributed by atoms with Gasteiger partial charge in [0.05, 0.1) is 22.4 Å². The number of non-ortho nitro benzene ring substituents is 1. The fourth-order valence-corrected chi connectivity index (χ4v) is 4.81. The van der Waals surface area contributed by atoms with Gasteiger partial charge in [-0.3, -0.25) is 14.9 Å². The fourth-order valence-electron chi connectivity index (χ4n) is 3.95. The number of nitro groups is 1. The van der Waals surface area contributed by atoms with Crippen molar-refractivity contribution in [2.24, 2.45) is 0 Å². The Kier molecular flexibility index (Phi) is 6.08. The summed E-state index contributed by atoms with van der Waals surface area (Å²) in [4.78, 5) is 24.1. The molecule has 3 aromatic rings. The van der Waals surface area contributed by atoms with E-state index >= 15 is 0 Å². The van der Waals surface area contributed by atoms with Gasteiger partial charge in [-0.1, -0.05) is 24.3 Å². The number of hydrogen-bond donors (Lipinski definition) is 1. The van der Waals surface area contributed by atoms with Crippen molar-refractivity contribution in [1.82, 2.24) is 9.78 Å². The summed E-state index contributed by atoms with van der Waals surface area (Å²) in [5, 5.41) is 18.1. The van der Waals surface area contributed by atoms with Crippen LogP contribution in [-0.2, 0) is 11.2 Å². The molecule has 0 fully saturated rings. The summed E-state index contributed by atoms with van der Waals surface area (Å²) in [7, 11) is 0. The Hall–Kier alpha value is -3.13. The number of nitrogens with one attached hydrogen (secondary N) is 1. The molecule has 1 N–H and O–H groups in total. The van der Waals surface area contributed by atoms with Gasteiger partial charge in [0.1, 0.15) is 5.82 Å². The molecule has 1 amide bonds. The van der Waals surface area contributed by atoms with Crippen LogP contribution in [-0.4, -0.2) is 25.9 Å². The van der Waals surface area contributed by atoms with Gasteiger partial charge < -0.3 is 5.32 Å². The van der Waals surface area contributed by atoms with E-state index in [-0.39, 0.29) is 22.9 Å². The number of carbonyl (C=O) groups excluding carboxylic acids is 1. The molecule has 0 spiro atoms. The standard InChI is InChI=1S/C23H24N4O3S/c1-15-14-24-26(21-9-5-7-17-6-3-4-8-20(17)21)22(15)25-23(28)16(2)31-19-12-10-18(11-13-19)27(29)30/h3-4,6,8,10-14,16,21H,5,7,9H2,1-2H3,(H,25,28)/t16-,21-/m0/s1. The molecule has 1 aliphatic carbocycles. The summed E-state index contributed by atoms with van der Waals surface area (Å²) < 4.78 is 1.94. The highest BCUT2D eigenvalue weighted by atomic mass is 32.2. The Labute approximate surface area is 185 Å². The highest BCUT2D eigenvalue weighted by Gasteiger charge is 2.26. The maximum Gasteiger partial charge on any atom is 0.269 e. The second kappa shape index (κ2) is 8.93. The number of aryl methyl sites for hydroxylation is 2. The first-order valence-electron chi connectivity index (χ1n) is 10.3. The van der Waals surface area contributed by atoms with Crippen LogP contribution in [0.25, 0.3) is 0 Å². The van der Waals surface area contributed by atoms with Gasteiger partial charge in [0.2, 0.25) is 5.91 Å². The molecule has 0 unspecified atom stereocenters. The minimum atomic E-state index is -0.433. The molecule has 2 atom stereocenters. The van der Waals surface area contributed by atoms with Crippen molar-refractivity contribution < 1.29 is 9.72 Å². The van der Waals surface area contributed by atoms with Gasteiger partial charge in [-0.25, -0.2) is 4.68 Å². The molecule has 4 rings (SSSR count). The quantitative estimate of drug-likeness (QED) is 0.328. The Bertz CT molecular complexity index is 1110. The zero-order valence-corrected chi connectivity index (χ0v) is 18.3. The topological polar surface area (TPSA) is 90.1 Å². The van der Waals surface area contributed by atoms with Gasteiger partial charge in [-0.15, -0.1) is 11.8 Å². The molecule has 1 aromatic heterocycles. The number of rotatable bonds is 6. The van der Waals surface area contributed by atoms with Crippen molar-refractivity contribution in [2.75, 3.05) is 5.32 Å². The molecule has 1 heterocycles. The lowest BCUT2D eigenvalue weighted by atomic mass is 9.88. The van der Waals surface area contributed by atoms with E-state index in [0.717, 1.165) is 35.5 Å². The Morgan fingerprint density at radius 1 is 1.26 bits per heavy atom. The van der Waals surface area contributed by atoms with E-state index < -0.39 is 4.92 Å². The number of benzene rings is 2. The zero-order chi connectivity index (χ0) is 22.0. The summed E-state index contributed by atoms with van der Waals surface area (Å²) in [6, 6.07) is 14.8. The van der Waals surface area contributed by atoms with Crippen molar-refractivity contribution in [3.8, 4) is 0 Å². The minimum Gasteiger partial charge on any atom is -0.310 e. The Balaban J connectivity index is 1.50. The van der Waals surface area contributed by atoms with Crippen molar-refractivity contribution in [3.63, 3.8) is 0 Å². The number of fused-ring (bicyclic) bond motifs is 1. The first kappa shape index (κ1) is 21.1. The van der Waals surface area contributed by atoms with Gasteiger partial charge >= 0.3 is 0 Å². The van der Waals surface area contributed by atoms with Crippen molar-refractivity contribution in [1.29, 1.82) is 0 Å². The summed E-state index contributed by atoms with van der Waals surface area (Å²) in [6.07, 6.45) is 4.92. The van der Waals surface area contributed by atoms with Crippen LogP contribution in [0.3, 0.4) is 0 Å². The number of thioether (sulfide) groups is 1. The summed E-state index contributed by atoms with van der Waals surface area (Å²) in [5.41, 5.74) is 3.56. The van der Waals surface area contributed by atoms with Crippen LogP contribution in [0.5, 0.6) is 0 Å². The van der Waals surface area contributed by atoms with E-state index in [1.165, 1.54) is 35.0 Å². The molecule has 0 radical (unpaired) electrons. The van der Waals surface area contributed by atoms with E-state index in [2.05, 4.69) is 34.7 Å². The highest BCUT2D eigenvalue weighted by molar-refractivity contribution is 8.00. The predicted molar refractivity (Wildman–Crippen MR) is 122 cm³/mol. The lowest BCUT2D eigenvalue weighted by molar-refractivity contribution is -0.384. The Morgan fingerprint density at radius 3 is 2.74 bits per heavy atom. The zero-order valence-electron chi connectivity index (χ0n) is 17.4. The third-order valence-corrected chi connectivity index (χ3v) is 6.69. The van der Waals surface area contributed by atoms with Crippen LogP contribution >= 0.6 is 11.8 Å². The number of aromatic nitrogens is 2. The SMILES string of the molecule is Cc1cnn([C@H]2CCCc3ccccc32)c1NC(=O)[C@H](C)Sc1ccc([N+](=O)[O-])cc1. The molecular formula is C23H24N4O3S. The van der Waals surface area contributed by atoms with Crippen molar-refractivity contribution in [2.45, 2.75) is 49.3 Å². The van der Waals surface area contributed by atoms with Crippen LogP contribution in [0, 0.1) is 17.0 Å². The number of hydrogen-bond acceptors (Lipinski definition) is 5. The maximum atomic E-state index is 12.9. The summed E-state index contributed by atoms with van der Waals surface area (Å²) >= 11 is 1.37. The number of amides is 1. The highest BCUT2D eigenvalue weighted by Crippen LogP contribution is 2.35. The van der Waals surface area contributed by atoms with E-state index in [1.807, 2.05) is 18.5 Å². The van der Waals surface area contributed by atoms with Crippen LogP contribution in [0.4, 0.5) is 11.5 Å². The first-order valence-corrected chi connectivity index (χ1v) is 11.2. The number of nitrogens with zero attached hydrogens (tertiary/aromatic N) is 3. The van der Waals surface area contributed by atoms with Gasteiger partial charge in [0.15, 0.2) is 0 Å². The van der Waals surface area contributed by atoms with E-state index in [9.17, 15) is 14.9 Å². The number of anilines is 1. The van der Waals surface area contributed by atoms with Gasteiger partial charge in [0, 0.05) is 22.6 Å². The molecule has 7 nitrogen and oxygen atoms in total. The molecule has 31 heavy (non-hydrogen) atoms. The number of carbonyl (C=O) groups is 1. The third-order valence-electron chi connectivity index (χ3n) is 5.58. The van der Waals surface area contributed by atoms with Gasteiger partial charge in [-0.2, -0.15) is 5.10 Å². The molecule has 0 aliphatic heterocycles. The Morgan fingerprint density at radius 2 is 2.00 bits per heavy atom. The average molecular weight is 437 g/mol.